The molecule has 1 aromatic rings. The second-order valence-corrected chi connectivity index (χ2v) is 16.1. The number of carbonyl (C=O) groups excluding carboxylic acids is 7. The minimum absolute atomic E-state index is 0.140. The lowest BCUT2D eigenvalue weighted by Crippen LogP contribution is -2.58. The first-order valence-corrected chi connectivity index (χ1v) is 19.5. The third kappa shape index (κ3) is 17.8. The summed E-state index contributed by atoms with van der Waals surface area (Å²) in [6.07, 6.45) is -1.97. The summed E-state index contributed by atoms with van der Waals surface area (Å²) >= 11 is 0. The summed E-state index contributed by atoms with van der Waals surface area (Å²) in [4.78, 5) is 91.2. The summed E-state index contributed by atoms with van der Waals surface area (Å²) < 4.78 is 59.7. The molecule has 3 unspecified atom stereocenters. The highest BCUT2D eigenvalue weighted by Crippen LogP contribution is 2.35. The molecular weight excluding hydrogens is 768 g/mol. The first-order chi connectivity index (χ1) is 27.0. The lowest BCUT2D eigenvalue weighted by molar-refractivity contribution is -0.143. The molecule has 0 radical (unpaired) electrons. The van der Waals surface area contributed by atoms with Crippen LogP contribution in [-0.2, 0) is 39.9 Å². The van der Waals surface area contributed by atoms with Crippen LogP contribution in [0.1, 0.15) is 91.0 Å². The van der Waals surface area contributed by atoms with Crippen LogP contribution in [-0.4, -0.2) is 122 Å². The number of likely N-dealkylation sites (N-methyl/N-ethyl adjacent to an activating group) is 2. The molecule has 4 N–H and O–H groups in total. The molecule has 1 aliphatic carbocycles. The van der Waals surface area contributed by atoms with E-state index in [9.17, 15) is 51.1 Å². The van der Waals surface area contributed by atoms with Gasteiger partial charge in [-0.05, 0) is 70.8 Å². The van der Waals surface area contributed by atoms with Crippen LogP contribution in [0.4, 0.5) is 22.4 Å². The molecule has 0 aromatic heterocycles. The number of alkyl halides is 4. The molecule has 58 heavy (non-hydrogen) atoms. The van der Waals surface area contributed by atoms with Crippen molar-refractivity contribution in [2.24, 2.45) is 11.8 Å². The summed E-state index contributed by atoms with van der Waals surface area (Å²) in [6.45, 7) is 4.79. The zero-order valence-corrected chi connectivity index (χ0v) is 34.5. The Labute approximate surface area is 337 Å². The first-order valence-electron chi connectivity index (χ1n) is 19.5. The van der Waals surface area contributed by atoms with Crippen LogP contribution in [0.3, 0.4) is 0 Å². The van der Waals surface area contributed by atoms with Gasteiger partial charge >= 0.3 is 6.09 Å². The maximum Gasteiger partial charge on any atom is 0.408 e. The molecule has 326 valence electrons. The molecule has 4 atom stereocenters. The van der Waals surface area contributed by atoms with E-state index in [4.69, 9.17) is 4.74 Å². The molecule has 1 aliphatic heterocycles. The van der Waals surface area contributed by atoms with Crippen LogP contribution in [0, 0.1) is 11.8 Å². The van der Waals surface area contributed by atoms with Crippen LogP contribution in [0.5, 0.6) is 0 Å². The Morgan fingerprint density at radius 3 is 2.07 bits per heavy atom. The number of ether oxygens (including phenoxy) is 1. The molecular formula is C40H60F4N6O8. The number of carbonyl (C=O) groups is 7. The second kappa shape index (κ2) is 23.0. The van der Waals surface area contributed by atoms with Crippen LogP contribution in [0.2, 0.25) is 0 Å². The van der Waals surface area contributed by atoms with E-state index in [1.54, 1.807) is 39.8 Å². The Balaban J connectivity index is 0.000000822. The number of amides is 6. The Kier molecular flexibility index (Phi) is 19.6. The van der Waals surface area contributed by atoms with Crippen molar-refractivity contribution in [2.75, 3.05) is 34.2 Å². The minimum Gasteiger partial charge on any atom is -0.444 e. The van der Waals surface area contributed by atoms with Gasteiger partial charge in [-0.1, -0.05) is 49.6 Å². The number of nitrogens with zero attached hydrogens (tertiary/aromatic N) is 2. The molecule has 1 saturated heterocycles. The Bertz CT molecular complexity index is 1550. The van der Waals surface area contributed by atoms with E-state index in [0.29, 0.717) is 26.2 Å². The van der Waals surface area contributed by atoms with Crippen molar-refractivity contribution in [1.82, 2.24) is 31.1 Å². The number of nitrogens with one attached hydrogen (secondary N) is 4. The molecule has 6 amide bonds. The number of likely N-dealkylation sites (tertiary alicyclic amines) is 1. The number of hydrogen-bond acceptors (Lipinski definition) is 8. The van der Waals surface area contributed by atoms with E-state index in [1.807, 2.05) is 30.3 Å². The third-order valence-corrected chi connectivity index (χ3v) is 9.60. The van der Waals surface area contributed by atoms with Gasteiger partial charge in [0.15, 0.2) is 0 Å². The van der Waals surface area contributed by atoms with E-state index >= 15 is 0 Å². The average Bonchev–Trinajstić information content (AvgIpc) is 3.56. The van der Waals surface area contributed by atoms with Gasteiger partial charge in [-0.2, -0.15) is 0 Å². The van der Waals surface area contributed by atoms with Crippen LogP contribution in [0.25, 0.3) is 0 Å². The van der Waals surface area contributed by atoms with Crippen molar-refractivity contribution in [2.45, 2.75) is 128 Å². The van der Waals surface area contributed by atoms with E-state index in [2.05, 4.69) is 21.3 Å². The second-order valence-electron chi connectivity index (χ2n) is 16.1. The molecule has 0 spiro atoms. The standard InChI is InChI=1S/C30H47F4N5O7.C10H13NO/c1-29(2,3)46-28(45)38-23(18-9-7-6-8-10-18)27(44)39-16-17(14-30(4,33)34)13-20(39)25(42)37-19(11-12-21(31)32)24(41)26(43)36-15-22(40)35-5;1-11(2)10(12)8-9-6-4-3-5-7-9/h17-21,23H,6-16H2,1-5H3,(H,35,40)(H,36,43)(H,37,42)(H,38,45);3-7H,8H2,1-2H3/t17-,19?,20?,23?;/m0./s1. The fourth-order valence-electron chi connectivity index (χ4n) is 6.78. The highest BCUT2D eigenvalue weighted by atomic mass is 19.3. The smallest absolute Gasteiger partial charge is 0.408 e. The fraction of sp³-hybridized carbons (Fsp3) is 0.675. The summed E-state index contributed by atoms with van der Waals surface area (Å²) in [5, 5.41) is 9.18. The molecule has 2 fully saturated rings. The van der Waals surface area contributed by atoms with Gasteiger partial charge in [-0.25, -0.2) is 22.4 Å². The monoisotopic (exact) mass is 828 g/mol. The van der Waals surface area contributed by atoms with Crippen LogP contribution >= 0.6 is 0 Å². The van der Waals surface area contributed by atoms with Crippen molar-refractivity contribution < 1.29 is 55.9 Å². The Morgan fingerprint density at radius 1 is 0.914 bits per heavy atom. The van der Waals surface area contributed by atoms with Gasteiger partial charge in [0.05, 0.1) is 19.0 Å². The summed E-state index contributed by atoms with van der Waals surface area (Å²) in [6, 6.07) is 5.47. The van der Waals surface area contributed by atoms with Crippen molar-refractivity contribution >= 4 is 41.4 Å². The van der Waals surface area contributed by atoms with Gasteiger partial charge in [-0.15, -0.1) is 0 Å². The molecule has 1 aromatic carbocycles. The maximum absolute atomic E-state index is 14.1. The first kappa shape index (κ1) is 49.4. The number of Topliss-reactive ketones (excluding diaryl/α,β-unsaturated/α-hetero) is 1. The van der Waals surface area contributed by atoms with Gasteiger partial charge in [0.2, 0.25) is 41.8 Å². The zero-order chi connectivity index (χ0) is 43.8. The van der Waals surface area contributed by atoms with Crippen molar-refractivity contribution in [3.8, 4) is 0 Å². The van der Waals surface area contributed by atoms with E-state index < -0.39 is 103 Å². The molecule has 14 nitrogen and oxygen atoms in total. The zero-order valence-electron chi connectivity index (χ0n) is 34.5. The third-order valence-electron chi connectivity index (χ3n) is 9.60. The highest BCUT2D eigenvalue weighted by Gasteiger charge is 2.46. The molecule has 2 aliphatic rings. The number of rotatable bonds is 16. The fourth-order valence-corrected chi connectivity index (χ4v) is 6.78. The normalized spacial score (nSPS) is 18.2. The number of halogens is 4. The molecule has 0 bridgehead atoms. The van der Waals surface area contributed by atoms with Crippen LogP contribution in [0.15, 0.2) is 30.3 Å². The molecule has 3 rings (SSSR count). The quantitative estimate of drug-likeness (QED) is 0.143. The lowest BCUT2D eigenvalue weighted by Gasteiger charge is -2.35. The Morgan fingerprint density at radius 2 is 1.53 bits per heavy atom. The van der Waals surface area contributed by atoms with E-state index in [0.717, 1.165) is 29.7 Å². The summed E-state index contributed by atoms with van der Waals surface area (Å²) in [5.41, 5.74) is 0.182. The Hall–Kier alpha value is -4.77. The number of hydrogen-bond donors (Lipinski definition) is 4. The molecule has 1 saturated carbocycles. The molecule has 18 heteroatoms. The van der Waals surface area contributed by atoms with Gasteiger partial charge in [0, 0.05) is 40.5 Å². The topological polar surface area (TPSA) is 183 Å². The number of ketones is 1. The predicted molar refractivity (Wildman–Crippen MR) is 207 cm³/mol. The van der Waals surface area contributed by atoms with Crippen molar-refractivity contribution in [3.63, 3.8) is 0 Å². The summed E-state index contributed by atoms with van der Waals surface area (Å²) in [5.74, 6) is -9.10. The van der Waals surface area contributed by atoms with Crippen molar-refractivity contribution in [1.29, 1.82) is 0 Å². The predicted octanol–water partition coefficient (Wildman–Crippen LogP) is 4.00. The molecule has 1 heterocycles. The van der Waals surface area contributed by atoms with Crippen LogP contribution < -0.4 is 21.3 Å². The van der Waals surface area contributed by atoms with Gasteiger partial charge in [0.25, 0.3) is 5.91 Å². The SMILES string of the molecule is CN(C)C(=O)Cc1ccccc1.CNC(=O)CNC(=O)C(=O)C(CCC(F)F)NC(=O)C1C[C@@H](CC(C)(F)F)CN1C(=O)C(NC(=O)OC(C)(C)C)C1CCCCC1. The summed E-state index contributed by atoms with van der Waals surface area (Å²) in [7, 11) is 4.83. The van der Waals surface area contributed by atoms with Gasteiger partial charge < -0.3 is 35.8 Å². The van der Waals surface area contributed by atoms with E-state index in [1.165, 1.54) is 7.05 Å². The van der Waals surface area contributed by atoms with Gasteiger partial charge in [-0.3, -0.25) is 28.8 Å². The average molecular weight is 829 g/mol. The highest BCUT2D eigenvalue weighted by molar-refractivity contribution is 6.38. The van der Waals surface area contributed by atoms with E-state index in [-0.39, 0.29) is 24.8 Å². The number of benzene rings is 1. The van der Waals surface area contributed by atoms with Gasteiger partial charge in [0.1, 0.15) is 17.7 Å². The minimum atomic E-state index is -3.14. The largest absolute Gasteiger partial charge is 0.444 e. The lowest BCUT2D eigenvalue weighted by atomic mass is 9.83. The maximum atomic E-state index is 14.1. The van der Waals surface area contributed by atoms with Crippen molar-refractivity contribution in [3.05, 3.63) is 35.9 Å². The number of alkyl carbamates (subject to hydrolysis) is 1.